The summed E-state index contributed by atoms with van der Waals surface area (Å²) in [5, 5.41) is 12.4. The molecule has 0 bridgehead atoms. The van der Waals surface area contributed by atoms with Gasteiger partial charge in [-0.3, -0.25) is 9.78 Å². The summed E-state index contributed by atoms with van der Waals surface area (Å²) in [5.74, 6) is -0.802. The predicted molar refractivity (Wildman–Crippen MR) is 105 cm³/mol. The molecule has 0 aliphatic heterocycles. The molecule has 0 radical (unpaired) electrons. The van der Waals surface area contributed by atoms with Gasteiger partial charge in [-0.05, 0) is 31.2 Å². The molecule has 0 fully saturated rings. The zero-order valence-electron chi connectivity index (χ0n) is 15.5. The van der Waals surface area contributed by atoms with Crippen molar-refractivity contribution in [2.45, 2.75) is 6.92 Å². The second kappa shape index (κ2) is 8.26. The molecule has 1 amide bonds. The van der Waals surface area contributed by atoms with Gasteiger partial charge in [0.2, 0.25) is 5.91 Å². The number of hydrogen-bond donors (Lipinski definition) is 2. The van der Waals surface area contributed by atoms with Gasteiger partial charge < -0.3 is 15.3 Å². The van der Waals surface area contributed by atoms with E-state index in [1.54, 1.807) is 38.5 Å². The molecule has 0 saturated heterocycles. The number of benzene rings is 1. The minimum Gasteiger partial charge on any atom is -0.476 e. The number of para-hydroxylation sites is 1. The lowest BCUT2D eigenvalue weighted by Crippen LogP contribution is -2.32. The highest BCUT2D eigenvalue weighted by Crippen LogP contribution is 2.22. The number of pyridine rings is 1. The van der Waals surface area contributed by atoms with E-state index in [0.717, 1.165) is 5.69 Å². The molecule has 1 aromatic carbocycles. The molecule has 2 aromatic heterocycles. The van der Waals surface area contributed by atoms with E-state index in [2.05, 4.69) is 20.3 Å². The molecule has 0 unspecified atom stereocenters. The number of likely N-dealkylation sites (N-methyl/N-ethyl adjacent to an activating group) is 1. The largest absolute Gasteiger partial charge is 0.476 e. The minimum absolute atomic E-state index is 0.0436. The third kappa shape index (κ3) is 4.12. The zero-order chi connectivity index (χ0) is 20.1. The van der Waals surface area contributed by atoms with E-state index in [0.29, 0.717) is 16.9 Å². The molecule has 3 rings (SSSR count). The summed E-state index contributed by atoms with van der Waals surface area (Å²) in [6, 6.07) is 12.6. The van der Waals surface area contributed by atoms with Crippen LogP contribution < -0.4 is 10.2 Å². The molecule has 2 heterocycles. The molecule has 0 aliphatic rings. The molecule has 0 atom stereocenters. The van der Waals surface area contributed by atoms with E-state index >= 15 is 0 Å². The Morgan fingerprint density at radius 1 is 1.07 bits per heavy atom. The molecule has 0 aliphatic carbocycles. The summed E-state index contributed by atoms with van der Waals surface area (Å²) in [6.07, 6.45) is 3.15. The van der Waals surface area contributed by atoms with Crippen molar-refractivity contribution in [2.75, 3.05) is 23.8 Å². The van der Waals surface area contributed by atoms with E-state index in [1.807, 2.05) is 30.3 Å². The van der Waals surface area contributed by atoms with Crippen molar-refractivity contribution in [3.05, 3.63) is 66.1 Å². The summed E-state index contributed by atoms with van der Waals surface area (Å²) < 4.78 is 0. The van der Waals surface area contributed by atoms with Crippen LogP contribution >= 0.6 is 0 Å². The number of carboxylic acids is 1. The summed E-state index contributed by atoms with van der Waals surface area (Å²) in [6.45, 7) is 1.56. The number of aromatic nitrogens is 3. The van der Waals surface area contributed by atoms with Crippen LogP contribution in [0.4, 0.5) is 11.5 Å². The fourth-order valence-electron chi connectivity index (χ4n) is 2.60. The molecule has 3 aromatic rings. The summed E-state index contributed by atoms with van der Waals surface area (Å²) in [4.78, 5) is 38.1. The normalized spacial score (nSPS) is 10.4. The third-order valence-electron chi connectivity index (χ3n) is 4.21. The van der Waals surface area contributed by atoms with Crippen LogP contribution in [0.5, 0.6) is 0 Å². The average Bonchev–Trinajstić information content (AvgIpc) is 2.73. The van der Waals surface area contributed by atoms with Gasteiger partial charge in [-0.1, -0.05) is 18.2 Å². The molecular formula is C20H19N5O3. The van der Waals surface area contributed by atoms with E-state index in [4.69, 9.17) is 0 Å². The Balaban J connectivity index is 1.86. The first-order valence-electron chi connectivity index (χ1n) is 8.55. The van der Waals surface area contributed by atoms with Crippen molar-refractivity contribution in [1.82, 2.24) is 15.0 Å². The van der Waals surface area contributed by atoms with Gasteiger partial charge in [0.25, 0.3) is 0 Å². The van der Waals surface area contributed by atoms with Crippen LogP contribution in [0.25, 0.3) is 11.4 Å². The molecule has 2 N–H and O–H groups in total. The van der Waals surface area contributed by atoms with E-state index in [1.165, 1.54) is 4.90 Å². The van der Waals surface area contributed by atoms with Crippen molar-refractivity contribution in [3.8, 4) is 11.4 Å². The number of anilines is 2. The predicted octanol–water partition coefficient (Wildman–Crippen LogP) is 2.62. The highest BCUT2D eigenvalue weighted by Gasteiger charge is 2.18. The number of rotatable bonds is 6. The molecule has 8 heteroatoms. The van der Waals surface area contributed by atoms with Crippen LogP contribution in [0, 0.1) is 6.92 Å². The monoisotopic (exact) mass is 377 g/mol. The standard InChI is InChI=1S/C20H19N5O3/c1-13-17(20(27)28)23-19(14-8-10-21-11-9-14)24-18(13)22-12-16(26)25(2)15-6-4-3-5-7-15/h3-11H,12H2,1-2H3,(H,27,28)(H,22,23,24). The lowest BCUT2D eigenvalue weighted by atomic mass is 10.2. The summed E-state index contributed by atoms with van der Waals surface area (Å²) in [5.41, 5.74) is 1.64. The molecule has 0 spiro atoms. The first-order chi connectivity index (χ1) is 13.5. The first kappa shape index (κ1) is 19.0. The van der Waals surface area contributed by atoms with Gasteiger partial charge in [0.15, 0.2) is 11.5 Å². The number of carbonyl (C=O) groups excluding carboxylic acids is 1. The van der Waals surface area contributed by atoms with E-state index in [-0.39, 0.29) is 24.0 Å². The van der Waals surface area contributed by atoms with Crippen LogP contribution in [-0.2, 0) is 4.79 Å². The van der Waals surface area contributed by atoms with Crippen LogP contribution in [0.15, 0.2) is 54.9 Å². The number of carbonyl (C=O) groups is 2. The van der Waals surface area contributed by atoms with Crippen LogP contribution in [0.2, 0.25) is 0 Å². The van der Waals surface area contributed by atoms with Crippen molar-refractivity contribution in [3.63, 3.8) is 0 Å². The Morgan fingerprint density at radius 3 is 2.39 bits per heavy atom. The van der Waals surface area contributed by atoms with Gasteiger partial charge in [-0.25, -0.2) is 14.8 Å². The highest BCUT2D eigenvalue weighted by molar-refractivity contribution is 5.96. The van der Waals surface area contributed by atoms with Gasteiger partial charge in [-0.2, -0.15) is 0 Å². The second-order valence-electron chi connectivity index (χ2n) is 6.05. The zero-order valence-corrected chi connectivity index (χ0v) is 15.5. The number of nitrogens with zero attached hydrogens (tertiary/aromatic N) is 4. The minimum atomic E-state index is -1.16. The Labute approximate surface area is 161 Å². The van der Waals surface area contributed by atoms with Gasteiger partial charge >= 0.3 is 5.97 Å². The van der Waals surface area contributed by atoms with Gasteiger partial charge in [0, 0.05) is 36.3 Å². The Kier molecular flexibility index (Phi) is 5.59. The molecular weight excluding hydrogens is 358 g/mol. The number of aromatic carboxylic acids is 1. The maximum absolute atomic E-state index is 12.5. The van der Waals surface area contributed by atoms with Crippen molar-refractivity contribution in [2.24, 2.45) is 0 Å². The van der Waals surface area contributed by atoms with Crippen molar-refractivity contribution < 1.29 is 14.7 Å². The fraction of sp³-hybridized carbons (Fsp3) is 0.150. The van der Waals surface area contributed by atoms with E-state index in [9.17, 15) is 14.7 Å². The summed E-state index contributed by atoms with van der Waals surface area (Å²) in [7, 11) is 1.68. The van der Waals surface area contributed by atoms with Gasteiger partial charge in [0.1, 0.15) is 5.82 Å². The maximum Gasteiger partial charge on any atom is 0.354 e. The highest BCUT2D eigenvalue weighted by atomic mass is 16.4. The third-order valence-corrected chi connectivity index (χ3v) is 4.21. The molecule has 28 heavy (non-hydrogen) atoms. The van der Waals surface area contributed by atoms with Crippen LogP contribution in [0.1, 0.15) is 16.1 Å². The molecule has 142 valence electrons. The van der Waals surface area contributed by atoms with Crippen molar-refractivity contribution in [1.29, 1.82) is 0 Å². The van der Waals surface area contributed by atoms with Crippen molar-refractivity contribution >= 4 is 23.4 Å². The van der Waals surface area contributed by atoms with Gasteiger partial charge in [-0.15, -0.1) is 0 Å². The molecule has 8 nitrogen and oxygen atoms in total. The van der Waals surface area contributed by atoms with E-state index < -0.39 is 5.97 Å². The maximum atomic E-state index is 12.5. The fourth-order valence-corrected chi connectivity index (χ4v) is 2.60. The average molecular weight is 377 g/mol. The Hall–Kier alpha value is -3.81. The lowest BCUT2D eigenvalue weighted by Gasteiger charge is -2.18. The lowest BCUT2D eigenvalue weighted by molar-refractivity contribution is -0.116. The van der Waals surface area contributed by atoms with Crippen LogP contribution in [-0.4, -0.2) is 45.5 Å². The Morgan fingerprint density at radius 2 is 1.75 bits per heavy atom. The second-order valence-corrected chi connectivity index (χ2v) is 6.05. The SMILES string of the molecule is Cc1c(NCC(=O)N(C)c2ccccc2)nc(-c2ccncc2)nc1C(=O)O. The Bertz CT molecular complexity index is 993. The number of carboxylic acid groups (broad SMARTS) is 1. The topological polar surface area (TPSA) is 108 Å². The smallest absolute Gasteiger partial charge is 0.354 e. The number of nitrogens with one attached hydrogen (secondary N) is 1. The quantitative estimate of drug-likeness (QED) is 0.680. The molecule has 0 saturated carbocycles. The number of hydrogen-bond acceptors (Lipinski definition) is 6. The summed E-state index contributed by atoms with van der Waals surface area (Å²) >= 11 is 0. The first-order valence-corrected chi connectivity index (χ1v) is 8.55. The van der Waals surface area contributed by atoms with Gasteiger partial charge in [0.05, 0.1) is 6.54 Å². The van der Waals surface area contributed by atoms with Crippen LogP contribution in [0.3, 0.4) is 0 Å². The number of amides is 1.